The maximum absolute atomic E-state index is 12.8. The molecule has 1 aromatic heterocycles. The monoisotopic (exact) mass is 421 g/mol. The number of aromatic nitrogens is 1. The van der Waals surface area contributed by atoms with E-state index >= 15 is 0 Å². The van der Waals surface area contributed by atoms with Gasteiger partial charge in [-0.05, 0) is 42.7 Å². The standard InChI is InChI=1S/C23H23N3O3S/c1-14(2)17-6-4-5-7-18(17)25-22(27)11-26-20-10-16(19-13-30-15(3)24-19)8-9-21(20)29-12-23(26)28/h4-10,13-14H,11-12H2,1-3H3,(H,25,27). The first-order chi connectivity index (χ1) is 14.4. The number of nitrogens with one attached hydrogen (secondary N) is 1. The lowest BCUT2D eigenvalue weighted by Gasteiger charge is -2.29. The zero-order chi connectivity index (χ0) is 21.3. The molecule has 2 aromatic carbocycles. The van der Waals surface area contributed by atoms with E-state index in [1.54, 1.807) is 11.3 Å². The van der Waals surface area contributed by atoms with Gasteiger partial charge in [-0.2, -0.15) is 0 Å². The van der Waals surface area contributed by atoms with E-state index in [2.05, 4.69) is 24.1 Å². The number of ether oxygens (including phenoxy) is 1. The first-order valence-electron chi connectivity index (χ1n) is 9.81. The molecule has 7 heteroatoms. The van der Waals surface area contributed by atoms with E-state index < -0.39 is 0 Å². The number of carbonyl (C=O) groups is 2. The van der Waals surface area contributed by atoms with E-state index in [1.807, 2.05) is 54.8 Å². The second kappa shape index (κ2) is 8.28. The molecule has 6 nitrogen and oxygen atoms in total. The van der Waals surface area contributed by atoms with Crippen LogP contribution in [0.5, 0.6) is 5.75 Å². The van der Waals surface area contributed by atoms with Crippen LogP contribution in [0.15, 0.2) is 47.8 Å². The summed E-state index contributed by atoms with van der Waals surface area (Å²) in [7, 11) is 0. The molecular formula is C23H23N3O3S. The highest BCUT2D eigenvalue weighted by Gasteiger charge is 2.28. The Bertz CT molecular complexity index is 1110. The van der Waals surface area contributed by atoms with E-state index in [0.717, 1.165) is 27.5 Å². The van der Waals surface area contributed by atoms with Gasteiger partial charge >= 0.3 is 0 Å². The van der Waals surface area contributed by atoms with Crippen molar-refractivity contribution in [2.24, 2.45) is 0 Å². The summed E-state index contributed by atoms with van der Waals surface area (Å²) < 4.78 is 5.57. The molecule has 0 spiro atoms. The van der Waals surface area contributed by atoms with E-state index in [0.29, 0.717) is 11.4 Å². The fourth-order valence-electron chi connectivity index (χ4n) is 3.48. The Hall–Kier alpha value is -3.19. The number of fused-ring (bicyclic) bond motifs is 1. The van der Waals surface area contributed by atoms with Gasteiger partial charge < -0.3 is 10.1 Å². The molecule has 0 bridgehead atoms. The quantitative estimate of drug-likeness (QED) is 0.653. The molecule has 2 amide bonds. The van der Waals surface area contributed by atoms with Gasteiger partial charge in [-0.1, -0.05) is 32.0 Å². The van der Waals surface area contributed by atoms with Crippen molar-refractivity contribution in [3.63, 3.8) is 0 Å². The first-order valence-corrected chi connectivity index (χ1v) is 10.7. The lowest BCUT2D eigenvalue weighted by atomic mass is 10.0. The summed E-state index contributed by atoms with van der Waals surface area (Å²) in [6, 6.07) is 13.3. The summed E-state index contributed by atoms with van der Waals surface area (Å²) in [5, 5.41) is 5.90. The molecule has 0 radical (unpaired) electrons. The zero-order valence-corrected chi connectivity index (χ0v) is 18.0. The van der Waals surface area contributed by atoms with E-state index in [1.165, 1.54) is 4.90 Å². The number of hydrogen-bond acceptors (Lipinski definition) is 5. The number of anilines is 2. The summed E-state index contributed by atoms with van der Waals surface area (Å²) in [6.45, 7) is 5.94. The Morgan fingerprint density at radius 1 is 1.27 bits per heavy atom. The molecule has 0 saturated carbocycles. The van der Waals surface area contributed by atoms with Crippen LogP contribution in [0, 0.1) is 6.92 Å². The topological polar surface area (TPSA) is 71.5 Å². The Kier molecular flexibility index (Phi) is 5.55. The van der Waals surface area contributed by atoms with Crippen LogP contribution in [0.1, 0.15) is 30.3 Å². The predicted octanol–water partition coefficient (Wildman–Crippen LogP) is 4.61. The van der Waals surface area contributed by atoms with Crippen molar-refractivity contribution in [3.05, 3.63) is 58.4 Å². The Balaban J connectivity index is 1.59. The predicted molar refractivity (Wildman–Crippen MR) is 119 cm³/mol. The van der Waals surface area contributed by atoms with Crippen molar-refractivity contribution in [1.29, 1.82) is 0 Å². The number of rotatable bonds is 5. The van der Waals surface area contributed by atoms with Crippen LogP contribution in [-0.2, 0) is 9.59 Å². The van der Waals surface area contributed by atoms with Gasteiger partial charge in [-0.3, -0.25) is 14.5 Å². The molecule has 0 fully saturated rings. The molecule has 4 rings (SSSR count). The van der Waals surface area contributed by atoms with Crippen LogP contribution in [0.4, 0.5) is 11.4 Å². The third kappa shape index (κ3) is 4.07. The van der Waals surface area contributed by atoms with Crippen molar-refractivity contribution in [1.82, 2.24) is 4.98 Å². The van der Waals surface area contributed by atoms with Crippen molar-refractivity contribution >= 4 is 34.5 Å². The molecule has 0 aliphatic carbocycles. The summed E-state index contributed by atoms with van der Waals surface area (Å²) in [5.41, 5.74) is 4.13. The smallest absolute Gasteiger partial charge is 0.265 e. The Morgan fingerprint density at radius 3 is 2.80 bits per heavy atom. The highest BCUT2D eigenvalue weighted by molar-refractivity contribution is 7.09. The molecular weight excluding hydrogens is 398 g/mol. The van der Waals surface area contributed by atoms with Crippen LogP contribution in [0.2, 0.25) is 0 Å². The molecule has 0 unspecified atom stereocenters. The fraction of sp³-hybridized carbons (Fsp3) is 0.261. The molecule has 30 heavy (non-hydrogen) atoms. The molecule has 2 heterocycles. The van der Waals surface area contributed by atoms with Crippen LogP contribution in [0.25, 0.3) is 11.3 Å². The van der Waals surface area contributed by atoms with Crippen LogP contribution in [-0.4, -0.2) is 29.9 Å². The van der Waals surface area contributed by atoms with Crippen molar-refractivity contribution in [3.8, 4) is 17.0 Å². The first kappa shape index (κ1) is 20.1. The molecule has 1 N–H and O–H groups in total. The third-order valence-electron chi connectivity index (χ3n) is 4.98. The second-order valence-corrected chi connectivity index (χ2v) is 8.56. The highest BCUT2D eigenvalue weighted by atomic mass is 32.1. The zero-order valence-electron chi connectivity index (χ0n) is 17.1. The highest BCUT2D eigenvalue weighted by Crippen LogP contribution is 2.36. The second-order valence-electron chi connectivity index (χ2n) is 7.49. The molecule has 1 aliphatic rings. The SMILES string of the molecule is Cc1nc(-c2ccc3c(c2)N(CC(=O)Nc2ccccc2C(C)C)C(=O)CO3)cs1. The fourth-order valence-corrected chi connectivity index (χ4v) is 4.10. The van der Waals surface area contributed by atoms with Gasteiger partial charge in [0.05, 0.1) is 16.4 Å². The summed E-state index contributed by atoms with van der Waals surface area (Å²) in [4.78, 5) is 31.4. The summed E-state index contributed by atoms with van der Waals surface area (Å²) in [5.74, 6) is 0.359. The third-order valence-corrected chi connectivity index (χ3v) is 5.75. The van der Waals surface area contributed by atoms with Gasteiger partial charge in [0.25, 0.3) is 5.91 Å². The van der Waals surface area contributed by atoms with Crippen LogP contribution < -0.4 is 15.0 Å². The number of aryl methyl sites for hydroxylation is 1. The molecule has 154 valence electrons. The number of benzene rings is 2. The normalized spacial score (nSPS) is 13.2. The number of hydrogen-bond donors (Lipinski definition) is 1. The minimum atomic E-state index is -0.251. The number of para-hydroxylation sites is 1. The van der Waals surface area contributed by atoms with E-state index in [-0.39, 0.29) is 30.9 Å². The molecule has 0 saturated heterocycles. The molecule has 0 atom stereocenters. The minimum Gasteiger partial charge on any atom is -0.482 e. The number of carbonyl (C=O) groups excluding carboxylic acids is 2. The van der Waals surface area contributed by atoms with Crippen LogP contribution in [0.3, 0.4) is 0 Å². The van der Waals surface area contributed by atoms with E-state index in [4.69, 9.17) is 4.74 Å². The van der Waals surface area contributed by atoms with Gasteiger partial charge in [-0.25, -0.2) is 4.98 Å². The lowest BCUT2D eigenvalue weighted by molar-refractivity contribution is -0.123. The minimum absolute atomic E-state index is 0.0822. The maximum atomic E-state index is 12.8. The van der Waals surface area contributed by atoms with Crippen LogP contribution >= 0.6 is 11.3 Å². The van der Waals surface area contributed by atoms with Gasteiger partial charge in [0.15, 0.2) is 6.61 Å². The Morgan fingerprint density at radius 2 is 2.07 bits per heavy atom. The molecule has 1 aliphatic heterocycles. The number of amides is 2. The van der Waals surface area contributed by atoms with Crippen molar-refractivity contribution < 1.29 is 14.3 Å². The van der Waals surface area contributed by atoms with Gasteiger partial charge in [-0.15, -0.1) is 11.3 Å². The van der Waals surface area contributed by atoms with Gasteiger partial charge in [0, 0.05) is 16.6 Å². The largest absolute Gasteiger partial charge is 0.482 e. The molecule has 3 aromatic rings. The maximum Gasteiger partial charge on any atom is 0.265 e. The lowest BCUT2D eigenvalue weighted by Crippen LogP contribution is -2.43. The number of nitrogens with zero attached hydrogens (tertiary/aromatic N) is 2. The van der Waals surface area contributed by atoms with Gasteiger partial charge in [0.1, 0.15) is 12.3 Å². The summed E-state index contributed by atoms with van der Waals surface area (Å²) in [6.07, 6.45) is 0. The number of thiazole rings is 1. The Labute approximate surface area is 179 Å². The summed E-state index contributed by atoms with van der Waals surface area (Å²) >= 11 is 1.57. The van der Waals surface area contributed by atoms with E-state index in [9.17, 15) is 9.59 Å². The average molecular weight is 422 g/mol. The van der Waals surface area contributed by atoms with Crippen molar-refractivity contribution in [2.75, 3.05) is 23.4 Å². The van der Waals surface area contributed by atoms with Gasteiger partial charge in [0.2, 0.25) is 5.91 Å². The average Bonchev–Trinajstić information content (AvgIpc) is 3.16. The van der Waals surface area contributed by atoms with Crippen molar-refractivity contribution in [2.45, 2.75) is 26.7 Å².